The zero-order valence-electron chi connectivity index (χ0n) is 21.5. The molecule has 0 aliphatic rings. The molecule has 0 aromatic heterocycles. The van der Waals surface area contributed by atoms with Crippen LogP contribution >= 0.6 is 0 Å². The van der Waals surface area contributed by atoms with E-state index in [0.717, 1.165) is 16.7 Å². The van der Waals surface area contributed by atoms with Gasteiger partial charge in [-0.2, -0.15) is 0 Å². The maximum Gasteiger partial charge on any atom is 0.243 e. The van der Waals surface area contributed by atoms with Gasteiger partial charge >= 0.3 is 0 Å². The lowest BCUT2D eigenvalue weighted by molar-refractivity contribution is -0.141. The fraction of sp³-hybridized carbons (Fsp3) is 0.355. The lowest BCUT2D eigenvalue weighted by Crippen LogP contribution is -2.50. The summed E-state index contributed by atoms with van der Waals surface area (Å²) in [5.41, 5.74) is 5.65. The Bertz CT molecular complexity index is 1070. The van der Waals surface area contributed by atoms with E-state index in [4.69, 9.17) is 0 Å². The van der Waals surface area contributed by atoms with E-state index in [1.807, 2.05) is 68.4 Å². The number of aryl methyl sites for hydroxylation is 2. The molecule has 0 aliphatic heterocycles. The molecule has 35 heavy (non-hydrogen) atoms. The molecule has 0 saturated carbocycles. The molecule has 0 spiro atoms. The van der Waals surface area contributed by atoms with Crippen LogP contribution < -0.4 is 5.32 Å². The van der Waals surface area contributed by atoms with Gasteiger partial charge in [0, 0.05) is 25.9 Å². The third kappa shape index (κ3) is 7.81. The van der Waals surface area contributed by atoms with Crippen LogP contribution in [0.2, 0.25) is 0 Å². The number of hydrogen-bond acceptors (Lipinski definition) is 2. The molecule has 0 fully saturated rings. The van der Waals surface area contributed by atoms with Crippen molar-refractivity contribution in [3.63, 3.8) is 0 Å². The SMILES string of the molecule is CCNC(=O)C(Cc1ccccc1)N(Cc1ccc(C)cc1)C(=O)CCc1ccc(C(C)C)cc1. The summed E-state index contributed by atoms with van der Waals surface area (Å²) >= 11 is 0. The van der Waals surface area contributed by atoms with Crippen molar-refractivity contribution in [3.8, 4) is 0 Å². The highest BCUT2D eigenvalue weighted by Crippen LogP contribution is 2.19. The molecule has 0 heterocycles. The number of amides is 2. The number of hydrogen-bond donors (Lipinski definition) is 1. The standard InChI is InChI=1S/C31H38N2O2/c1-5-32-31(35)29(21-26-9-7-6-8-10-26)33(22-27-13-11-24(4)12-14-27)30(34)20-17-25-15-18-28(19-16-25)23(2)3/h6-16,18-19,23,29H,5,17,20-22H2,1-4H3,(H,32,35). The van der Waals surface area contributed by atoms with Crippen molar-refractivity contribution in [1.29, 1.82) is 0 Å². The van der Waals surface area contributed by atoms with E-state index >= 15 is 0 Å². The molecular formula is C31H38N2O2. The molecule has 1 unspecified atom stereocenters. The quantitative estimate of drug-likeness (QED) is 0.383. The van der Waals surface area contributed by atoms with Gasteiger partial charge in [0.25, 0.3) is 0 Å². The number of benzene rings is 3. The summed E-state index contributed by atoms with van der Waals surface area (Å²) in [6.07, 6.45) is 1.49. The molecule has 4 nitrogen and oxygen atoms in total. The molecule has 3 aromatic carbocycles. The summed E-state index contributed by atoms with van der Waals surface area (Å²) in [6, 6.07) is 26.0. The number of nitrogens with one attached hydrogen (secondary N) is 1. The number of likely N-dealkylation sites (N-methyl/N-ethyl adjacent to an activating group) is 1. The average Bonchev–Trinajstić information content (AvgIpc) is 2.86. The Balaban J connectivity index is 1.85. The first-order valence-corrected chi connectivity index (χ1v) is 12.6. The Morgan fingerprint density at radius 1 is 0.829 bits per heavy atom. The van der Waals surface area contributed by atoms with Crippen molar-refractivity contribution in [2.75, 3.05) is 6.54 Å². The molecule has 2 amide bonds. The molecule has 4 heteroatoms. The Morgan fingerprint density at radius 3 is 2.06 bits per heavy atom. The Morgan fingerprint density at radius 2 is 1.46 bits per heavy atom. The van der Waals surface area contributed by atoms with E-state index in [1.165, 1.54) is 11.1 Å². The van der Waals surface area contributed by atoms with Crippen LogP contribution in [0.25, 0.3) is 0 Å². The van der Waals surface area contributed by atoms with Gasteiger partial charge in [0.15, 0.2) is 0 Å². The minimum absolute atomic E-state index is 0.00862. The van der Waals surface area contributed by atoms with E-state index in [-0.39, 0.29) is 11.8 Å². The molecule has 184 valence electrons. The topological polar surface area (TPSA) is 49.4 Å². The molecular weight excluding hydrogens is 432 g/mol. The number of carbonyl (C=O) groups excluding carboxylic acids is 2. The van der Waals surface area contributed by atoms with E-state index in [0.29, 0.717) is 38.3 Å². The zero-order valence-corrected chi connectivity index (χ0v) is 21.5. The van der Waals surface area contributed by atoms with Gasteiger partial charge in [-0.15, -0.1) is 0 Å². The fourth-order valence-electron chi connectivity index (χ4n) is 4.20. The summed E-state index contributed by atoms with van der Waals surface area (Å²) in [5.74, 6) is 0.357. The van der Waals surface area contributed by atoms with Crippen molar-refractivity contribution in [1.82, 2.24) is 10.2 Å². The van der Waals surface area contributed by atoms with E-state index in [1.54, 1.807) is 4.90 Å². The van der Waals surface area contributed by atoms with Crippen LogP contribution in [0.3, 0.4) is 0 Å². The van der Waals surface area contributed by atoms with Crippen molar-refractivity contribution in [2.45, 2.75) is 65.5 Å². The van der Waals surface area contributed by atoms with Crippen LogP contribution in [0.4, 0.5) is 0 Å². The van der Waals surface area contributed by atoms with Gasteiger partial charge < -0.3 is 10.2 Å². The summed E-state index contributed by atoms with van der Waals surface area (Å²) in [5, 5.41) is 2.95. The zero-order chi connectivity index (χ0) is 25.2. The van der Waals surface area contributed by atoms with Gasteiger partial charge in [-0.1, -0.05) is 98.3 Å². The predicted molar refractivity (Wildman–Crippen MR) is 143 cm³/mol. The largest absolute Gasteiger partial charge is 0.355 e. The minimum atomic E-state index is -0.575. The summed E-state index contributed by atoms with van der Waals surface area (Å²) < 4.78 is 0. The second kappa shape index (κ2) is 12.9. The van der Waals surface area contributed by atoms with E-state index < -0.39 is 6.04 Å². The van der Waals surface area contributed by atoms with Crippen molar-refractivity contribution in [2.24, 2.45) is 0 Å². The highest BCUT2D eigenvalue weighted by molar-refractivity contribution is 5.88. The maximum atomic E-state index is 13.6. The van der Waals surface area contributed by atoms with Crippen LogP contribution in [0.15, 0.2) is 78.9 Å². The first-order valence-electron chi connectivity index (χ1n) is 12.6. The van der Waals surface area contributed by atoms with Crippen LogP contribution in [-0.4, -0.2) is 29.3 Å². The van der Waals surface area contributed by atoms with Crippen LogP contribution in [0.1, 0.15) is 60.9 Å². The molecule has 0 aliphatic carbocycles. The van der Waals surface area contributed by atoms with Crippen molar-refractivity contribution < 1.29 is 9.59 Å². The van der Waals surface area contributed by atoms with Gasteiger partial charge in [-0.3, -0.25) is 9.59 Å². The normalized spacial score (nSPS) is 11.8. The highest BCUT2D eigenvalue weighted by Gasteiger charge is 2.29. The molecule has 1 N–H and O–H groups in total. The van der Waals surface area contributed by atoms with Crippen molar-refractivity contribution >= 4 is 11.8 Å². The first-order chi connectivity index (χ1) is 16.9. The minimum Gasteiger partial charge on any atom is -0.355 e. The molecule has 3 rings (SSSR count). The Kier molecular flexibility index (Phi) is 9.66. The Hall–Kier alpha value is -3.40. The van der Waals surface area contributed by atoms with Gasteiger partial charge in [-0.25, -0.2) is 0 Å². The second-order valence-electron chi connectivity index (χ2n) is 9.50. The Labute approximate surface area is 210 Å². The third-order valence-electron chi connectivity index (χ3n) is 6.37. The lowest BCUT2D eigenvalue weighted by atomic mass is 9.99. The van der Waals surface area contributed by atoms with Crippen LogP contribution in [0.5, 0.6) is 0 Å². The molecule has 1 atom stereocenters. The van der Waals surface area contributed by atoms with Gasteiger partial charge in [0.05, 0.1) is 0 Å². The third-order valence-corrected chi connectivity index (χ3v) is 6.37. The van der Waals surface area contributed by atoms with Gasteiger partial charge in [-0.05, 0) is 48.4 Å². The fourth-order valence-corrected chi connectivity index (χ4v) is 4.20. The lowest BCUT2D eigenvalue weighted by Gasteiger charge is -2.31. The van der Waals surface area contributed by atoms with E-state index in [9.17, 15) is 9.59 Å². The summed E-state index contributed by atoms with van der Waals surface area (Å²) in [7, 11) is 0. The van der Waals surface area contributed by atoms with Crippen LogP contribution in [0, 0.1) is 6.92 Å². The van der Waals surface area contributed by atoms with Crippen molar-refractivity contribution in [3.05, 3.63) is 107 Å². The monoisotopic (exact) mass is 470 g/mol. The van der Waals surface area contributed by atoms with Gasteiger partial charge in [0.2, 0.25) is 11.8 Å². The molecule has 0 radical (unpaired) electrons. The first kappa shape index (κ1) is 26.2. The number of rotatable bonds is 11. The van der Waals surface area contributed by atoms with Gasteiger partial charge in [0.1, 0.15) is 6.04 Å². The predicted octanol–water partition coefficient (Wildman–Crippen LogP) is 5.83. The maximum absolute atomic E-state index is 13.6. The molecule has 0 saturated heterocycles. The molecule has 0 bridgehead atoms. The second-order valence-corrected chi connectivity index (χ2v) is 9.50. The summed E-state index contributed by atoms with van der Waals surface area (Å²) in [4.78, 5) is 28.6. The smallest absolute Gasteiger partial charge is 0.243 e. The number of nitrogens with zero attached hydrogens (tertiary/aromatic N) is 1. The highest BCUT2D eigenvalue weighted by atomic mass is 16.2. The summed E-state index contributed by atoms with van der Waals surface area (Å²) in [6.45, 7) is 9.24. The molecule has 3 aromatic rings. The van der Waals surface area contributed by atoms with Crippen LogP contribution in [-0.2, 0) is 29.0 Å². The average molecular weight is 471 g/mol. The van der Waals surface area contributed by atoms with E-state index in [2.05, 4.69) is 43.4 Å². The number of carbonyl (C=O) groups is 2.